The molecule has 3 N–H and O–H groups in total. The Morgan fingerprint density at radius 1 is 1.65 bits per heavy atom. The highest BCUT2D eigenvalue weighted by molar-refractivity contribution is 5.77. The molecule has 6 nitrogen and oxygen atoms in total. The number of nitrogens with two attached hydrogens (primary N) is 1. The molecule has 1 rings (SSSR count). The first kappa shape index (κ1) is 13.0. The number of methoxy groups -OCH3 is 1. The minimum atomic E-state index is 0.325. The van der Waals surface area contributed by atoms with Gasteiger partial charge in [0.25, 0.3) is 0 Å². The zero-order valence-electron chi connectivity index (χ0n) is 10.1. The van der Waals surface area contributed by atoms with Crippen molar-refractivity contribution in [2.45, 2.75) is 13.5 Å². The van der Waals surface area contributed by atoms with Crippen LogP contribution in [-0.2, 0) is 6.54 Å². The van der Waals surface area contributed by atoms with E-state index in [0.29, 0.717) is 25.1 Å². The van der Waals surface area contributed by atoms with Gasteiger partial charge < -0.3 is 15.8 Å². The first-order valence-corrected chi connectivity index (χ1v) is 5.16. The minimum absolute atomic E-state index is 0.325. The summed E-state index contributed by atoms with van der Waals surface area (Å²) < 4.78 is 4.91. The van der Waals surface area contributed by atoms with Gasteiger partial charge in [0.15, 0.2) is 5.96 Å². The summed E-state index contributed by atoms with van der Waals surface area (Å²) in [7, 11) is 1.52. The van der Waals surface area contributed by atoms with Crippen molar-refractivity contribution >= 4 is 5.96 Å². The largest absolute Gasteiger partial charge is 0.467 e. The van der Waals surface area contributed by atoms with Crippen molar-refractivity contribution in [1.29, 1.82) is 0 Å². The molecule has 0 aliphatic rings. The fourth-order valence-electron chi connectivity index (χ4n) is 1.03. The summed E-state index contributed by atoms with van der Waals surface area (Å²) in [5.41, 5.74) is 7.40. The van der Waals surface area contributed by atoms with Gasteiger partial charge in [-0.3, -0.25) is 0 Å². The van der Waals surface area contributed by atoms with Crippen molar-refractivity contribution in [3.63, 3.8) is 0 Å². The monoisotopic (exact) mass is 235 g/mol. The lowest BCUT2D eigenvalue weighted by molar-refractivity contribution is 0.378. The summed E-state index contributed by atoms with van der Waals surface area (Å²) >= 11 is 0. The molecular weight excluding hydrogens is 218 g/mol. The Kier molecular flexibility index (Phi) is 4.93. The van der Waals surface area contributed by atoms with Crippen molar-refractivity contribution in [3.05, 3.63) is 30.1 Å². The first-order valence-electron chi connectivity index (χ1n) is 5.16. The van der Waals surface area contributed by atoms with E-state index in [9.17, 15) is 0 Å². The van der Waals surface area contributed by atoms with E-state index in [4.69, 9.17) is 10.5 Å². The number of aromatic nitrogens is 2. The predicted octanol–water partition coefficient (Wildman–Crippen LogP) is 0.466. The van der Waals surface area contributed by atoms with Crippen molar-refractivity contribution in [2.75, 3.05) is 13.7 Å². The Morgan fingerprint density at radius 3 is 3.06 bits per heavy atom. The van der Waals surface area contributed by atoms with Crippen LogP contribution < -0.4 is 15.8 Å². The Balaban J connectivity index is 2.53. The molecule has 0 unspecified atom stereocenters. The van der Waals surface area contributed by atoms with Crippen LogP contribution >= 0.6 is 0 Å². The molecule has 17 heavy (non-hydrogen) atoms. The van der Waals surface area contributed by atoms with Crippen molar-refractivity contribution in [1.82, 2.24) is 15.3 Å². The average molecular weight is 235 g/mol. The smallest absolute Gasteiger partial charge is 0.316 e. The molecule has 0 aromatic carbocycles. The Bertz CT molecular complexity index is 416. The van der Waals surface area contributed by atoms with Gasteiger partial charge in [-0.05, 0) is 13.0 Å². The highest BCUT2D eigenvalue weighted by Gasteiger charge is 1.98. The van der Waals surface area contributed by atoms with Crippen LogP contribution in [0.4, 0.5) is 0 Å². The van der Waals surface area contributed by atoms with Crippen LogP contribution in [0.1, 0.15) is 12.6 Å². The number of hydrogen-bond donors (Lipinski definition) is 2. The van der Waals surface area contributed by atoms with Gasteiger partial charge in [-0.15, -0.1) is 0 Å². The fourth-order valence-corrected chi connectivity index (χ4v) is 1.03. The first-order chi connectivity index (χ1) is 8.11. The number of aliphatic imine (C=N–C) groups is 1. The SMILES string of the molecule is C=C(C)CNC(N)=NCc1ccnc(OC)n1. The van der Waals surface area contributed by atoms with Gasteiger partial charge in [0.1, 0.15) is 0 Å². The highest BCUT2D eigenvalue weighted by atomic mass is 16.5. The van der Waals surface area contributed by atoms with E-state index < -0.39 is 0 Å². The topological polar surface area (TPSA) is 85.4 Å². The molecule has 0 aliphatic heterocycles. The van der Waals surface area contributed by atoms with Crippen LogP contribution in [0, 0.1) is 0 Å². The lowest BCUT2D eigenvalue weighted by Gasteiger charge is -2.04. The normalized spacial score (nSPS) is 11.1. The third-order valence-electron chi connectivity index (χ3n) is 1.86. The van der Waals surface area contributed by atoms with E-state index in [-0.39, 0.29) is 0 Å². The molecule has 0 amide bonds. The zero-order valence-corrected chi connectivity index (χ0v) is 10.1. The fraction of sp³-hybridized carbons (Fsp3) is 0.364. The third-order valence-corrected chi connectivity index (χ3v) is 1.86. The molecule has 92 valence electrons. The number of nitrogens with one attached hydrogen (secondary N) is 1. The second-order valence-electron chi connectivity index (χ2n) is 3.55. The maximum Gasteiger partial charge on any atom is 0.316 e. The molecule has 0 fully saturated rings. The van der Waals surface area contributed by atoms with E-state index in [2.05, 4.69) is 26.9 Å². The van der Waals surface area contributed by atoms with Gasteiger partial charge >= 0.3 is 6.01 Å². The van der Waals surface area contributed by atoms with Gasteiger partial charge in [0.05, 0.1) is 19.3 Å². The molecule has 0 bridgehead atoms. The van der Waals surface area contributed by atoms with Gasteiger partial charge in [0.2, 0.25) is 0 Å². The summed E-state index contributed by atoms with van der Waals surface area (Å²) in [5.74, 6) is 0.366. The van der Waals surface area contributed by atoms with Gasteiger partial charge in [0, 0.05) is 12.7 Å². The average Bonchev–Trinajstić information content (AvgIpc) is 2.34. The molecule has 1 aromatic heterocycles. The molecule has 0 atom stereocenters. The van der Waals surface area contributed by atoms with E-state index in [0.717, 1.165) is 11.3 Å². The standard InChI is InChI=1S/C11H17N5O/c1-8(2)6-14-10(12)15-7-9-4-5-13-11(16-9)17-3/h4-5H,1,6-7H2,2-3H3,(H3,12,14,15). The zero-order chi connectivity index (χ0) is 12.7. The summed E-state index contributed by atoms with van der Waals surface area (Å²) in [6, 6.07) is 2.09. The molecule has 0 radical (unpaired) electrons. The van der Waals surface area contributed by atoms with E-state index in [1.807, 2.05) is 6.92 Å². The molecule has 1 heterocycles. The van der Waals surface area contributed by atoms with Crippen LogP contribution in [-0.4, -0.2) is 29.6 Å². The lowest BCUT2D eigenvalue weighted by Crippen LogP contribution is -2.32. The predicted molar refractivity (Wildman–Crippen MR) is 66.7 cm³/mol. The van der Waals surface area contributed by atoms with Crippen molar-refractivity contribution in [3.8, 4) is 6.01 Å². The van der Waals surface area contributed by atoms with Crippen LogP contribution in [0.3, 0.4) is 0 Å². The number of hydrogen-bond acceptors (Lipinski definition) is 4. The van der Waals surface area contributed by atoms with Crippen LogP contribution in [0.25, 0.3) is 0 Å². The molecule has 0 spiro atoms. The quantitative estimate of drug-likeness (QED) is 0.440. The third kappa shape index (κ3) is 4.96. The van der Waals surface area contributed by atoms with Crippen molar-refractivity contribution in [2.24, 2.45) is 10.7 Å². The van der Waals surface area contributed by atoms with Crippen LogP contribution in [0.2, 0.25) is 0 Å². The lowest BCUT2D eigenvalue weighted by atomic mass is 10.3. The van der Waals surface area contributed by atoms with Crippen molar-refractivity contribution < 1.29 is 4.74 Å². The van der Waals surface area contributed by atoms with Gasteiger partial charge in [-0.25, -0.2) is 9.98 Å². The molecule has 6 heteroatoms. The summed E-state index contributed by atoms with van der Waals surface area (Å²) in [4.78, 5) is 12.2. The number of ether oxygens (including phenoxy) is 1. The molecular formula is C11H17N5O. The molecule has 0 saturated carbocycles. The second-order valence-corrected chi connectivity index (χ2v) is 3.55. The van der Waals surface area contributed by atoms with E-state index in [1.165, 1.54) is 7.11 Å². The maximum atomic E-state index is 5.66. The minimum Gasteiger partial charge on any atom is -0.467 e. The van der Waals surface area contributed by atoms with Gasteiger partial charge in [-0.2, -0.15) is 4.98 Å². The number of rotatable bonds is 5. The highest BCUT2D eigenvalue weighted by Crippen LogP contribution is 2.02. The van der Waals surface area contributed by atoms with E-state index >= 15 is 0 Å². The number of guanidine groups is 1. The Hall–Kier alpha value is -2.11. The second kappa shape index (κ2) is 6.47. The van der Waals surface area contributed by atoms with Gasteiger partial charge in [-0.1, -0.05) is 12.2 Å². The number of nitrogens with zero attached hydrogens (tertiary/aromatic N) is 3. The van der Waals surface area contributed by atoms with Crippen LogP contribution in [0.5, 0.6) is 6.01 Å². The molecule has 0 saturated heterocycles. The summed E-state index contributed by atoms with van der Waals surface area (Å²) in [5, 5.41) is 2.93. The summed E-state index contributed by atoms with van der Waals surface area (Å²) in [6.45, 7) is 6.67. The Labute approximate surface area is 101 Å². The van der Waals surface area contributed by atoms with Crippen LogP contribution in [0.15, 0.2) is 29.4 Å². The van der Waals surface area contributed by atoms with E-state index in [1.54, 1.807) is 12.3 Å². The maximum absolute atomic E-state index is 5.66. The Morgan fingerprint density at radius 2 is 2.41 bits per heavy atom. The summed E-state index contributed by atoms with van der Waals surface area (Å²) in [6.07, 6.45) is 1.62. The molecule has 1 aromatic rings. The molecule has 0 aliphatic carbocycles.